The van der Waals surface area contributed by atoms with Gasteiger partial charge in [0.2, 0.25) is 0 Å². The highest BCUT2D eigenvalue weighted by atomic mass is 32.1. The molecule has 0 spiro atoms. The zero-order chi connectivity index (χ0) is 20.9. The summed E-state index contributed by atoms with van der Waals surface area (Å²) in [5.74, 6) is -0.918. The van der Waals surface area contributed by atoms with Gasteiger partial charge in [-0.25, -0.2) is 4.98 Å². The van der Waals surface area contributed by atoms with Crippen molar-refractivity contribution < 1.29 is 9.90 Å². The van der Waals surface area contributed by atoms with Crippen LogP contribution in [0.3, 0.4) is 0 Å². The van der Waals surface area contributed by atoms with Gasteiger partial charge in [-0.15, -0.1) is 11.3 Å². The molecule has 7 heteroatoms. The number of carbonyl (C=O) groups is 1. The molecular weight excluding hydrogens is 396 g/mol. The lowest BCUT2D eigenvalue weighted by atomic mass is 10.0. The van der Waals surface area contributed by atoms with E-state index >= 15 is 0 Å². The fraction of sp³-hybridized carbons (Fsp3) is 0.130. The van der Waals surface area contributed by atoms with Crippen molar-refractivity contribution in [3.05, 3.63) is 71.4 Å². The van der Waals surface area contributed by atoms with Crippen molar-refractivity contribution in [3.63, 3.8) is 0 Å². The lowest BCUT2D eigenvalue weighted by Gasteiger charge is -2.02. The Morgan fingerprint density at radius 2 is 1.93 bits per heavy atom. The lowest BCUT2D eigenvalue weighted by molar-refractivity contribution is -0.135. The van der Waals surface area contributed by atoms with Crippen LogP contribution in [0.15, 0.2) is 60.8 Å². The van der Waals surface area contributed by atoms with Gasteiger partial charge in [0.25, 0.3) is 0 Å². The van der Waals surface area contributed by atoms with Crippen LogP contribution in [-0.4, -0.2) is 25.8 Å². The summed E-state index contributed by atoms with van der Waals surface area (Å²) in [4.78, 5) is 16.2. The minimum absolute atomic E-state index is 0.141. The van der Waals surface area contributed by atoms with Gasteiger partial charge in [0.05, 0.1) is 41.4 Å². The number of carboxylic acid groups (broad SMARTS) is 1. The molecule has 0 bridgehead atoms. The average molecular weight is 414 g/mol. The molecule has 2 aromatic carbocycles. The van der Waals surface area contributed by atoms with Crippen molar-refractivity contribution in [2.75, 3.05) is 0 Å². The van der Waals surface area contributed by atoms with Gasteiger partial charge >= 0.3 is 5.97 Å². The third-order valence-corrected chi connectivity index (χ3v) is 5.64. The predicted octanol–water partition coefficient (Wildman–Crippen LogP) is 5.09. The van der Waals surface area contributed by atoms with Crippen LogP contribution in [0.1, 0.15) is 23.4 Å². The van der Waals surface area contributed by atoms with Crippen LogP contribution in [0.5, 0.6) is 0 Å². The Balaban J connectivity index is 1.83. The average Bonchev–Trinajstić information content (AvgIpc) is 3.36. The summed E-state index contributed by atoms with van der Waals surface area (Å²) in [6.07, 6.45) is 3.91. The molecule has 0 amide bonds. The molecule has 2 heterocycles. The third-order valence-electron chi connectivity index (χ3n) is 4.53. The summed E-state index contributed by atoms with van der Waals surface area (Å²) in [6, 6.07) is 19.6. The maximum Gasteiger partial charge on any atom is 0.307 e. The van der Waals surface area contributed by atoms with Gasteiger partial charge in [-0.1, -0.05) is 42.5 Å². The minimum atomic E-state index is -0.918. The van der Waals surface area contributed by atoms with E-state index in [1.165, 1.54) is 11.3 Å². The van der Waals surface area contributed by atoms with Gasteiger partial charge in [0, 0.05) is 17.3 Å². The Bertz CT molecular complexity index is 1230. The fourth-order valence-corrected chi connectivity index (χ4v) is 4.17. The summed E-state index contributed by atoms with van der Waals surface area (Å²) >= 11 is 1.48. The van der Waals surface area contributed by atoms with Crippen molar-refractivity contribution >= 4 is 39.2 Å². The number of benzene rings is 2. The van der Waals surface area contributed by atoms with Crippen molar-refractivity contribution in [2.24, 2.45) is 0 Å². The highest BCUT2D eigenvalue weighted by Crippen LogP contribution is 2.32. The third kappa shape index (κ3) is 4.29. The second kappa shape index (κ2) is 8.72. The van der Waals surface area contributed by atoms with Gasteiger partial charge < -0.3 is 5.11 Å². The molecule has 0 aliphatic rings. The van der Waals surface area contributed by atoms with Crippen molar-refractivity contribution in [2.45, 2.75) is 19.4 Å². The molecule has 0 fully saturated rings. The van der Waals surface area contributed by atoms with Crippen LogP contribution in [0.2, 0.25) is 0 Å². The van der Waals surface area contributed by atoms with E-state index in [9.17, 15) is 9.90 Å². The first-order valence-electron chi connectivity index (χ1n) is 9.42. The molecule has 4 aromatic rings. The molecule has 4 rings (SSSR count). The van der Waals surface area contributed by atoms with Crippen molar-refractivity contribution in [1.29, 1.82) is 5.26 Å². The number of hydrogen-bond acceptors (Lipinski definition) is 5. The highest BCUT2D eigenvalue weighted by molar-refractivity contribution is 7.19. The van der Waals surface area contributed by atoms with Gasteiger partial charge in [0.1, 0.15) is 5.01 Å². The number of nitriles is 1. The SMILES string of the molecule is N#CCCn1cc(C=C(CC(=O)O)c2nc3ccccc3s2)c(-c2ccccc2)n1. The Morgan fingerprint density at radius 3 is 2.67 bits per heavy atom. The van der Waals surface area contributed by atoms with E-state index in [4.69, 9.17) is 5.26 Å². The Kier molecular flexibility index (Phi) is 5.68. The van der Waals surface area contributed by atoms with E-state index in [2.05, 4.69) is 16.2 Å². The Labute approximate surface area is 177 Å². The second-order valence-corrected chi connectivity index (χ2v) is 7.73. The molecule has 0 saturated carbocycles. The van der Waals surface area contributed by atoms with Crippen molar-refractivity contribution in [1.82, 2.24) is 14.8 Å². The topological polar surface area (TPSA) is 91.8 Å². The molecule has 30 heavy (non-hydrogen) atoms. The van der Waals surface area contributed by atoms with E-state index in [0.29, 0.717) is 23.5 Å². The first-order chi connectivity index (χ1) is 14.6. The zero-order valence-corrected chi connectivity index (χ0v) is 16.8. The minimum Gasteiger partial charge on any atom is -0.481 e. The van der Waals surface area contributed by atoms with Crippen LogP contribution in [0.25, 0.3) is 33.1 Å². The van der Waals surface area contributed by atoms with E-state index in [-0.39, 0.29) is 6.42 Å². The number of hydrogen-bond donors (Lipinski definition) is 1. The maximum absolute atomic E-state index is 11.6. The molecule has 1 N–H and O–H groups in total. The summed E-state index contributed by atoms with van der Waals surface area (Å²) in [7, 11) is 0. The number of rotatable bonds is 7. The Hall–Kier alpha value is -3.76. The molecule has 0 saturated heterocycles. The van der Waals surface area contributed by atoms with E-state index in [1.807, 2.05) is 66.9 Å². The van der Waals surface area contributed by atoms with E-state index < -0.39 is 5.97 Å². The lowest BCUT2D eigenvalue weighted by Crippen LogP contribution is -1.97. The first-order valence-corrected chi connectivity index (χ1v) is 10.2. The number of fused-ring (bicyclic) bond motifs is 1. The van der Waals surface area contributed by atoms with Gasteiger partial charge in [0.15, 0.2) is 0 Å². The largest absolute Gasteiger partial charge is 0.481 e. The number of aliphatic carboxylic acids is 1. The van der Waals surface area contributed by atoms with Crippen molar-refractivity contribution in [3.8, 4) is 17.3 Å². The van der Waals surface area contributed by atoms with Gasteiger partial charge in [-0.2, -0.15) is 10.4 Å². The molecular formula is C23H18N4O2S. The quantitative estimate of drug-likeness (QED) is 0.455. The van der Waals surface area contributed by atoms with Gasteiger partial charge in [-0.05, 0) is 23.8 Å². The van der Waals surface area contributed by atoms with Gasteiger partial charge in [-0.3, -0.25) is 9.48 Å². The molecule has 6 nitrogen and oxygen atoms in total. The van der Waals surface area contributed by atoms with Crippen LogP contribution in [0.4, 0.5) is 0 Å². The zero-order valence-electron chi connectivity index (χ0n) is 16.0. The summed E-state index contributed by atoms with van der Waals surface area (Å²) in [5, 5.41) is 23.7. The Morgan fingerprint density at radius 1 is 1.17 bits per heavy atom. The number of para-hydroxylation sites is 1. The van der Waals surface area contributed by atoms with E-state index in [0.717, 1.165) is 27.0 Å². The number of carboxylic acids is 1. The second-order valence-electron chi connectivity index (χ2n) is 6.70. The van der Waals surface area contributed by atoms with Crippen LogP contribution < -0.4 is 0 Å². The van der Waals surface area contributed by atoms with E-state index in [1.54, 1.807) is 4.68 Å². The first kappa shape index (κ1) is 19.6. The van der Waals surface area contributed by atoms with Crippen LogP contribution in [0, 0.1) is 11.3 Å². The predicted molar refractivity (Wildman–Crippen MR) is 118 cm³/mol. The number of aryl methyl sites for hydroxylation is 1. The standard InChI is InChI=1S/C23H18N4O2S/c24-11-6-12-27-15-18(22(26-27)16-7-2-1-3-8-16)13-17(14-21(28)29)23-25-19-9-4-5-10-20(19)30-23/h1-5,7-10,13,15H,6,12,14H2,(H,28,29). The van der Waals surface area contributed by atoms with Crippen LogP contribution in [-0.2, 0) is 11.3 Å². The summed E-state index contributed by atoms with van der Waals surface area (Å²) in [5.41, 5.74) is 3.95. The molecule has 2 aromatic heterocycles. The molecule has 0 aliphatic carbocycles. The molecule has 0 aliphatic heterocycles. The van der Waals surface area contributed by atoms with Crippen LogP contribution >= 0.6 is 11.3 Å². The smallest absolute Gasteiger partial charge is 0.307 e. The number of aromatic nitrogens is 3. The normalized spacial score (nSPS) is 11.5. The highest BCUT2D eigenvalue weighted by Gasteiger charge is 2.16. The summed E-state index contributed by atoms with van der Waals surface area (Å²) in [6.45, 7) is 0.472. The fourth-order valence-electron chi connectivity index (χ4n) is 3.19. The molecule has 0 atom stereocenters. The number of thiazole rings is 1. The molecule has 0 unspecified atom stereocenters. The monoisotopic (exact) mass is 414 g/mol. The molecule has 0 radical (unpaired) electrons. The number of nitrogens with zero attached hydrogens (tertiary/aromatic N) is 4. The molecule has 148 valence electrons. The summed E-state index contributed by atoms with van der Waals surface area (Å²) < 4.78 is 2.74. The maximum atomic E-state index is 11.6.